The summed E-state index contributed by atoms with van der Waals surface area (Å²) in [6, 6.07) is 9.33. The molecule has 0 saturated carbocycles. The summed E-state index contributed by atoms with van der Waals surface area (Å²) in [6.45, 7) is 1.77. The van der Waals surface area contributed by atoms with Crippen molar-refractivity contribution in [2.24, 2.45) is 0 Å². The van der Waals surface area contributed by atoms with Crippen molar-refractivity contribution in [3.8, 4) is 0 Å². The molecule has 0 aromatic heterocycles. The minimum absolute atomic E-state index is 0.237. The van der Waals surface area contributed by atoms with Gasteiger partial charge in [-0.3, -0.25) is 0 Å². The predicted octanol–water partition coefficient (Wildman–Crippen LogP) is 1.73. The Kier molecular flexibility index (Phi) is 2.96. The Hall–Kier alpha value is -1.44. The molecule has 0 amide bonds. The number of carbonyl (C=O) groups excluding carboxylic acids is 2. The molecule has 1 rings (SSSR count). The molecule has 0 aliphatic heterocycles. The topological polar surface area (TPSA) is 34.1 Å². The maximum Gasteiger partial charge on any atom is 0.130 e. The van der Waals surface area contributed by atoms with Crippen LogP contribution in [-0.2, 0) is 15.0 Å². The van der Waals surface area contributed by atoms with Crippen LogP contribution < -0.4 is 0 Å². The van der Waals surface area contributed by atoms with Gasteiger partial charge in [0.15, 0.2) is 0 Å². The van der Waals surface area contributed by atoms with E-state index >= 15 is 0 Å². The number of carbonyl (C=O) groups is 2. The van der Waals surface area contributed by atoms with E-state index < -0.39 is 5.41 Å². The minimum atomic E-state index is -0.664. The second kappa shape index (κ2) is 3.99. The molecule has 0 heterocycles. The first-order valence-electron chi connectivity index (χ1n) is 4.18. The predicted molar refractivity (Wildman–Crippen MR) is 50.5 cm³/mol. The second-order valence-corrected chi connectivity index (χ2v) is 3.27. The van der Waals surface area contributed by atoms with Crippen LogP contribution in [0.25, 0.3) is 0 Å². The van der Waals surface area contributed by atoms with Crippen LogP contribution in [0, 0.1) is 0 Å². The maximum atomic E-state index is 10.9. The van der Waals surface area contributed by atoms with E-state index in [1.165, 1.54) is 0 Å². The lowest BCUT2D eigenvalue weighted by atomic mass is 9.81. The largest absolute Gasteiger partial charge is 0.303 e. The number of benzene rings is 1. The third-order valence-electron chi connectivity index (χ3n) is 2.20. The summed E-state index contributed by atoms with van der Waals surface area (Å²) in [5, 5.41) is 0. The highest BCUT2D eigenvalue weighted by Gasteiger charge is 2.24. The second-order valence-electron chi connectivity index (χ2n) is 3.27. The Balaban J connectivity index is 3.02. The fourth-order valence-corrected chi connectivity index (χ4v) is 1.23. The molecule has 0 saturated heterocycles. The molecule has 1 aromatic rings. The van der Waals surface area contributed by atoms with Crippen molar-refractivity contribution in [3.63, 3.8) is 0 Å². The first-order valence-corrected chi connectivity index (χ1v) is 4.18. The van der Waals surface area contributed by atoms with E-state index in [4.69, 9.17) is 0 Å². The van der Waals surface area contributed by atoms with E-state index in [0.717, 1.165) is 18.1 Å². The van der Waals surface area contributed by atoms with Gasteiger partial charge in [0, 0.05) is 6.42 Å². The molecule has 0 radical (unpaired) electrons. The monoisotopic (exact) mass is 176 g/mol. The molecule has 0 fully saturated rings. The SMILES string of the molecule is CC(C=O)(CC=O)c1ccccc1. The zero-order chi connectivity index (χ0) is 9.73. The third-order valence-corrected chi connectivity index (χ3v) is 2.20. The molecular weight excluding hydrogens is 164 g/mol. The highest BCUT2D eigenvalue weighted by atomic mass is 16.1. The molecule has 0 aliphatic carbocycles. The summed E-state index contributed by atoms with van der Waals surface area (Å²) in [4.78, 5) is 21.3. The van der Waals surface area contributed by atoms with E-state index in [1.54, 1.807) is 6.92 Å². The lowest BCUT2D eigenvalue weighted by Crippen LogP contribution is -2.24. The smallest absolute Gasteiger partial charge is 0.130 e. The molecule has 1 unspecified atom stereocenters. The van der Waals surface area contributed by atoms with Gasteiger partial charge in [0.1, 0.15) is 12.6 Å². The Labute approximate surface area is 77.6 Å². The normalized spacial score (nSPS) is 14.5. The summed E-state index contributed by atoms with van der Waals surface area (Å²) in [5.74, 6) is 0. The van der Waals surface area contributed by atoms with E-state index in [-0.39, 0.29) is 6.42 Å². The number of aldehydes is 2. The van der Waals surface area contributed by atoms with Crippen LogP contribution in [-0.4, -0.2) is 12.6 Å². The molecule has 68 valence electrons. The first-order chi connectivity index (χ1) is 6.23. The van der Waals surface area contributed by atoms with Crippen LogP contribution in [0.15, 0.2) is 30.3 Å². The van der Waals surface area contributed by atoms with Gasteiger partial charge in [-0.25, -0.2) is 0 Å². The van der Waals surface area contributed by atoms with Crippen LogP contribution in [0.4, 0.5) is 0 Å². The summed E-state index contributed by atoms with van der Waals surface area (Å²) in [6.07, 6.45) is 1.85. The van der Waals surface area contributed by atoms with Gasteiger partial charge in [-0.05, 0) is 12.5 Å². The third kappa shape index (κ3) is 2.02. The van der Waals surface area contributed by atoms with Crippen LogP contribution >= 0.6 is 0 Å². The van der Waals surface area contributed by atoms with E-state index in [2.05, 4.69) is 0 Å². The molecular formula is C11H12O2. The van der Waals surface area contributed by atoms with Gasteiger partial charge in [-0.1, -0.05) is 30.3 Å². The van der Waals surface area contributed by atoms with Gasteiger partial charge in [0.25, 0.3) is 0 Å². The van der Waals surface area contributed by atoms with E-state index in [0.29, 0.717) is 0 Å². The van der Waals surface area contributed by atoms with Crippen molar-refractivity contribution < 1.29 is 9.59 Å². The Morgan fingerprint density at radius 1 is 1.23 bits per heavy atom. The van der Waals surface area contributed by atoms with Crippen molar-refractivity contribution in [2.75, 3.05) is 0 Å². The summed E-state index contributed by atoms with van der Waals surface area (Å²) >= 11 is 0. The quantitative estimate of drug-likeness (QED) is 0.655. The Morgan fingerprint density at radius 3 is 2.31 bits per heavy atom. The van der Waals surface area contributed by atoms with Gasteiger partial charge in [0.2, 0.25) is 0 Å². The number of rotatable bonds is 4. The van der Waals surface area contributed by atoms with Gasteiger partial charge in [-0.15, -0.1) is 0 Å². The number of hydrogen-bond donors (Lipinski definition) is 0. The Morgan fingerprint density at radius 2 is 1.85 bits per heavy atom. The van der Waals surface area contributed by atoms with E-state index in [1.807, 2.05) is 30.3 Å². The van der Waals surface area contributed by atoms with Crippen LogP contribution in [0.2, 0.25) is 0 Å². The zero-order valence-corrected chi connectivity index (χ0v) is 7.57. The van der Waals surface area contributed by atoms with Crippen molar-refractivity contribution in [1.29, 1.82) is 0 Å². The van der Waals surface area contributed by atoms with E-state index in [9.17, 15) is 9.59 Å². The van der Waals surface area contributed by atoms with Crippen LogP contribution in [0.5, 0.6) is 0 Å². The number of hydrogen-bond acceptors (Lipinski definition) is 2. The summed E-state index contributed by atoms with van der Waals surface area (Å²) in [7, 11) is 0. The first kappa shape index (κ1) is 9.65. The molecule has 1 atom stereocenters. The van der Waals surface area contributed by atoms with Crippen molar-refractivity contribution >= 4 is 12.6 Å². The molecule has 0 N–H and O–H groups in total. The Bertz CT molecular complexity index is 292. The molecule has 2 nitrogen and oxygen atoms in total. The molecule has 13 heavy (non-hydrogen) atoms. The highest BCUT2D eigenvalue weighted by Crippen LogP contribution is 2.23. The lowest BCUT2D eigenvalue weighted by molar-refractivity contribution is -0.116. The average Bonchev–Trinajstić information content (AvgIpc) is 2.19. The standard InChI is InChI=1S/C11H12O2/c1-11(9-13,7-8-12)10-5-3-2-4-6-10/h2-6,8-9H,7H2,1H3. The van der Waals surface area contributed by atoms with Crippen LogP contribution in [0.3, 0.4) is 0 Å². The fourth-order valence-electron chi connectivity index (χ4n) is 1.23. The molecule has 1 aromatic carbocycles. The molecule has 2 heteroatoms. The summed E-state index contributed by atoms with van der Waals surface area (Å²) in [5.41, 5.74) is 0.223. The fraction of sp³-hybridized carbons (Fsp3) is 0.273. The highest BCUT2D eigenvalue weighted by molar-refractivity contribution is 5.73. The molecule has 0 aliphatic rings. The summed E-state index contributed by atoms with van der Waals surface area (Å²) < 4.78 is 0. The van der Waals surface area contributed by atoms with Gasteiger partial charge in [0.05, 0.1) is 5.41 Å². The molecule has 0 bridgehead atoms. The van der Waals surface area contributed by atoms with Gasteiger partial charge < -0.3 is 9.59 Å². The lowest BCUT2D eigenvalue weighted by Gasteiger charge is -2.20. The van der Waals surface area contributed by atoms with Crippen molar-refractivity contribution in [2.45, 2.75) is 18.8 Å². The van der Waals surface area contributed by atoms with Gasteiger partial charge in [-0.2, -0.15) is 0 Å². The van der Waals surface area contributed by atoms with Crippen molar-refractivity contribution in [1.82, 2.24) is 0 Å². The van der Waals surface area contributed by atoms with Gasteiger partial charge >= 0.3 is 0 Å². The van der Waals surface area contributed by atoms with Crippen LogP contribution in [0.1, 0.15) is 18.9 Å². The average molecular weight is 176 g/mol. The molecule has 0 spiro atoms. The van der Waals surface area contributed by atoms with Crippen molar-refractivity contribution in [3.05, 3.63) is 35.9 Å². The minimum Gasteiger partial charge on any atom is -0.303 e. The zero-order valence-electron chi connectivity index (χ0n) is 7.57. The maximum absolute atomic E-state index is 10.9.